The monoisotopic (exact) mass is 349 g/mol. The molecule has 0 N–H and O–H groups in total. The summed E-state index contributed by atoms with van der Waals surface area (Å²) in [6.45, 7) is 4.78. The number of anilines is 1. The highest BCUT2D eigenvalue weighted by molar-refractivity contribution is 5.97. The van der Waals surface area contributed by atoms with Crippen molar-refractivity contribution in [1.29, 1.82) is 0 Å². The highest BCUT2D eigenvalue weighted by Gasteiger charge is 2.29. The zero-order chi connectivity index (χ0) is 18.3. The van der Waals surface area contributed by atoms with E-state index in [2.05, 4.69) is 5.10 Å². The highest BCUT2D eigenvalue weighted by atomic mass is 19.3. The highest BCUT2D eigenvalue weighted by Crippen LogP contribution is 2.35. The van der Waals surface area contributed by atoms with Gasteiger partial charge in [-0.1, -0.05) is 6.07 Å². The number of nitrogens with zero attached hydrogens (tertiary/aromatic N) is 3. The number of halogens is 2. The number of aryl methyl sites for hydroxylation is 2. The molecule has 0 radical (unpaired) electrons. The number of rotatable bonds is 3. The number of hydrogen-bond acceptors (Lipinski definition) is 3. The van der Waals surface area contributed by atoms with Crippen LogP contribution in [0.4, 0.5) is 14.5 Å². The van der Waals surface area contributed by atoms with Crippen molar-refractivity contribution < 1.29 is 18.3 Å². The molecule has 0 saturated heterocycles. The fraction of sp³-hybridized carbons (Fsp3) is 0.444. The summed E-state index contributed by atoms with van der Waals surface area (Å²) < 4.78 is 32.5. The van der Waals surface area contributed by atoms with Crippen LogP contribution in [0.1, 0.15) is 36.0 Å². The van der Waals surface area contributed by atoms with Gasteiger partial charge in [0.25, 0.3) is 0 Å². The maximum atomic E-state index is 13.0. The number of carbonyl (C=O) groups is 1. The first-order valence-corrected chi connectivity index (χ1v) is 8.18. The minimum atomic E-state index is -2.71. The van der Waals surface area contributed by atoms with Gasteiger partial charge in [-0.3, -0.25) is 4.79 Å². The Morgan fingerprint density at radius 1 is 1.36 bits per heavy atom. The lowest BCUT2D eigenvalue weighted by Crippen LogP contribution is -2.43. The molecule has 1 aromatic heterocycles. The average Bonchev–Trinajstić information content (AvgIpc) is 2.81. The molecule has 1 aromatic carbocycles. The minimum absolute atomic E-state index is 0.0322. The van der Waals surface area contributed by atoms with Gasteiger partial charge >= 0.3 is 6.55 Å². The molecule has 7 heteroatoms. The van der Waals surface area contributed by atoms with Crippen molar-refractivity contribution in [2.75, 3.05) is 11.4 Å². The first kappa shape index (κ1) is 17.4. The van der Waals surface area contributed by atoms with Crippen LogP contribution in [0, 0.1) is 20.8 Å². The molecule has 0 fully saturated rings. The average molecular weight is 349 g/mol. The van der Waals surface area contributed by atoms with Gasteiger partial charge in [-0.25, -0.2) is 4.68 Å². The number of amides is 1. The standard InChI is InChI=1S/C18H21F2N3O2/c1-10-5-6-15-16(7-10)25-11(2)9-22(15)17(24)8-14-12(3)21-23(13(14)4)18(19)20/h5-7,11,18H,8-9H2,1-4H3/t11-/m1/s1. The lowest BCUT2D eigenvalue weighted by atomic mass is 10.1. The van der Waals surface area contributed by atoms with Crippen LogP contribution in [0.25, 0.3) is 0 Å². The number of hydrogen-bond donors (Lipinski definition) is 0. The van der Waals surface area contributed by atoms with E-state index in [4.69, 9.17) is 4.74 Å². The van der Waals surface area contributed by atoms with Gasteiger partial charge < -0.3 is 9.64 Å². The molecule has 25 heavy (non-hydrogen) atoms. The van der Waals surface area contributed by atoms with Crippen molar-refractivity contribution in [3.63, 3.8) is 0 Å². The third kappa shape index (κ3) is 3.23. The molecule has 5 nitrogen and oxygen atoms in total. The predicted octanol–water partition coefficient (Wildman–Crippen LogP) is 3.56. The van der Waals surface area contributed by atoms with E-state index < -0.39 is 6.55 Å². The van der Waals surface area contributed by atoms with Gasteiger partial charge in [0.2, 0.25) is 5.91 Å². The summed E-state index contributed by atoms with van der Waals surface area (Å²) in [6, 6.07) is 5.68. The molecule has 1 amide bonds. The lowest BCUT2D eigenvalue weighted by molar-refractivity contribution is -0.118. The molecule has 1 aliphatic heterocycles. The van der Waals surface area contributed by atoms with E-state index in [-0.39, 0.29) is 18.4 Å². The Morgan fingerprint density at radius 3 is 2.72 bits per heavy atom. The summed E-state index contributed by atoms with van der Waals surface area (Å²) in [7, 11) is 0. The van der Waals surface area contributed by atoms with E-state index in [0.29, 0.717) is 39.6 Å². The molecule has 0 aliphatic carbocycles. The van der Waals surface area contributed by atoms with Crippen LogP contribution in [0.5, 0.6) is 5.75 Å². The smallest absolute Gasteiger partial charge is 0.333 e. The van der Waals surface area contributed by atoms with Gasteiger partial charge in [-0.2, -0.15) is 13.9 Å². The maximum Gasteiger partial charge on any atom is 0.333 e. The Bertz CT molecular complexity index is 817. The van der Waals surface area contributed by atoms with Gasteiger partial charge in [-0.15, -0.1) is 0 Å². The van der Waals surface area contributed by atoms with Crippen molar-refractivity contribution in [2.24, 2.45) is 0 Å². The SMILES string of the molecule is Cc1ccc2c(c1)O[C@H](C)CN2C(=O)Cc1c(C)nn(C(F)F)c1C. The van der Waals surface area contributed by atoms with Crippen LogP contribution in [-0.2, 0) is 11.2 Å². The number of carbonyl (C=O) groups excluding carboxylic acids is 1. The molecule has 0 saturated carbocycles. The van der Waals surface area contributed by atoms with Crippen molar-refractivity contribution in [3.05, 3.63) is 40.7 Å². The molecular weight excluding hydrogens is 328 g/mol. The van der Waals surface area contributed by atoms with E-state index >= 15 is 0 Å². The number of benzene rings is 1. The normalized spacial score (nSPS) is 16.8. The van der Waals surface area contributed by atoms with Crippen LogP contribution < -0.4 is 9.64 Å². The van der Waals surface area contributed by atoms with Crippen LogP contribution in [0.15, 0.2) is 18.2 Å². The van der Waals surface area contributed by atoms with E-state index in [1.165, 1.54) is 0 Å². The first-order valence-electron chi connectivity index (χ1n) is 8.18. The van der Waals surface area contributed by atoms with Gasteiger partial charge in [-0.05, 0) is 45.4 Å². The van der Waals surface area contributed by atoms with E-state index in [9.17, 15) is 13.6 Å². The molecule has 2 heterocycles. The Hall–Kier alpha value is -2.44. The zero-order valence-corrected chi connectivity index (χ0v) is 14.7. The van der Waals surface area contributed by atoms with Crippen molar-refractivity contribution in [1.82, 2.24) is 9.78 Å². The summed E-state index contributed by atoms with van der Waals surface area (Å²) in [5.41, 5.74) is 3.09. The van der Waals surface area contributed by atoms with Crippen molar-refractivity contribution in [2.45, 2.75) is 46.8 Å². The Balaban J connectivity index is 1.90. The first-order chi connectivity index (χ1) is 11.8. The topological polar surface area (TPSA) is 47.4 Å². The molecule has 3 rings (SSSR count). The molecule has 0 bridgehead atoms. The molecule has 0 unspecified atom stereocenters. The maximum absolute atomic E-state index is 13.0. The van der Waals surface area contributed by atoms with Crippen LogP contribution >= 0.6 is 0 Å². The summed E-state index contributed by atoms with van der Waals surface area (Å²) in [5, 5.41) is 3.85. The Labute approximate surface area is 145 Å². The van der Waals surface area contributed by atoms with Gasteiger partial charge in [0, 0.05) is 11.3 Å². The van der Waals surface area contributed by atoms with E-state index in [1.807, 2.05) is 32.0 Å². The fourth-order valence-electron chi connectivity index (χ4n) is 3.17. The third-order valence-electron chi connectivity index (χ3n) is 4.46. The summed E-state index contributed by atoms with van der Waals surface area (Å²) in [4.78, 5) is 14.6. The second-order valence-electron chi connectivity index (χ2n) is 6.45. The van der Waals surface area contributed by atoms with E-state index in [0.717, 1.165) is 5.56 Å². The lowest BCUT2D eigenvalue weighted by Gasteiger charge is -2.33. The van der Waals surface area contributed by atoms with E-state index in [1.54, 1.807) is 18.7 Å². The second-order valence-corrected chi connectivity index (χ2v) is 6.45. The van der Waals surface area contributed by atoms with Gasteiger partial charge in [0.05, 0.1) is 24.3 Å². The van der Waals surface area contributed by atoms with Gasteiger partial charge in [0.15, 0.2) is 0 Å². The van der Waals surface area contributed by atoms with Crippen LogP contribution in [-0.4, -0.2) is 28.3 Å². The second kappa shape index (κ2) is 6.46. The number of alkyl halides is 2. The minimum Gasteiger partial charge on any atom is -0.487 e. The van der Waals surface area contributed by atoms with Crippen LogP contribution in [0.2, 0.25) is 0 Å². The predicted molar refractivity (Wildman–Crippen MR) is 90.3 cm³/mol. The van der Waals surface area contributed by atoms with Crippen molar-refractivity contribution >= 4 is 11.6 Å². The number of fused-ring (bicyclic) bond motifs is 1. The molecule has 0 spiro atoms. The quantitative estimate of drug-likeness (QED) is 0.851. The van der Waals surface area contributed by atoms with Crippen molar-refractivity contribution in [3.8, 4) is 5.75 Å². The number of ether oxygens (including phenoxy) is 1. The Kier molecular flexibility index (Phi) is 4.49. The third-order valence-corrected chi connectivity index (χ3v) is 4.46. The molecular formula is C18H21F2N3O2. The molecule has 134 valence electrons. The largest absolute Gasteiger partial charge is 0.487 e. The number of aromatic nitrogens is 2. The summed E-state index contributed by atoms with van der Waals surface area (Å²) in [6.07, 6.45) is -0.103. The zero-order valence-electron chi connectivity index (χ0n) is 14.7. The molecule has 1 atom stereocenters. The molecule has 2 aromatic rings. The van der Waals surface area contributed by atoms with Gasteiger partial charge in [0.1, 0.15) is 11.9 Å². The fourth-order valence-corrected chi connectivity index (χ4v) is 3.17. The summed E-state index contributed by atoms with van der Waals surface area (Å²) in [5.74, 6) is 0.518. The van der Waals surface area contributed by atoms with Crippen LogP contribution in [0.3, 0.4) is 0 Å². The summed E-state index contributed by atoms with van der Waals surface area (Å²) >= 11 is 0. The Morgan fingerprint density at radius 2 is 2.08 bits per heavy atom. The molecule has 1 aliphatic rings.